The van der Waals surface area contributed by atoms with Crippen molar-refractivity contribution in [2.75, 3.05) is 24.7 Å². The lowest BCUT2D eigenvalue weighted by molar-refractivity contribution is 0.254. The molecule has 9 nitrogen and oxygen atoms in total. The third-order valence-corrected chi connectivity index (χ3v) is 7.56. The lowest BCUT2D eigenvalue weighted by atomic mass is 9.99. The van der Waals surface area contributed by atoms with Crippen molar-refractivity contribution in [2.45, 2.75) is 50.2 Å². The summed E-state index contributed by atoms with van der Waals surface area (Å²) < 4.78 is 99.5. The molecule has 1 aliphatic carbocycles. The number of sulfonamides is 1. The van der Waals surface area contributed by atoms with E-state index < -0.39 is 68.5 Å². The molecular weight excluding hydrogens is 547 g/mol. The topological polar surface area (TPSA) is 118 Å². The maximum atomic E-state index is 15.2. The standard InChI is InChI=1S/C24H25F5N6O3S/c1-3-35-21-11(8-31-23(33-21)32-13-5-12(25)9-30-10-13)4-15(22(35)36)14-6-17(26)18(20(28)19(14)27)16-7-24(16,29)34-39(2,37)38/h4,6,8,12-13,16,30,34H,3,5,7,9-10H2,1-2H3,(H,31,32,33)/t12-,13-,16?,24?/m0/s1. The molecule has 3 aromatic rings. The minimum atomic E-state index is -4.04. The van der Waals surface area contributed by atoms with E-state index in [9.17, 15) is 22.0 Å². The Bertz CT molecular complexity index is 1630. The molecule has 39 heavy (non-hydrogen) atoms. The second-order valence-corrected chi connectivity index (χ2v) is 11.6. The first-order valence-electron chi connectivity index (χ1n) is 12.2. The van der Waals surface area contributed by atoms with Gasteiger partial charge in [0.2, 0.25) is 16.0 Å². The number of nitrogens with one attached hydrogen (secondary N) is 3. The highest BCUT2D eigenvalue weighted by atomic mass is 32.2. The third kappa shape index (κ3) is 5.22. The number of rotatable bonds is 7. The molecule has 2 aliphatic rings. The van der Waals surface area contributed by atoms with E-state index in [0.29, 0.717) is 18.9 Å². The molecule has 2 unspecified atom stereocenters. The van der Waals surface area contributed by atoms with Gasteiger partial charge in [0.25, 0.3) is 5.56 Å². The molecule has 3 heterocycles. The average Bonchev–Trinajstić information content (AvgIpc) is 3.49. The maximum Gasteiger partial charge on any atom is 0.260 e. The molecule has 15 heteroatoms. The summed E-state index contributed by atoms with van der Waals surface area (Å²) >= 11 is 0. The average molecular weight is 573 g/mol. The van der Waals surface area contributed by atoms with E-state index in [4.69, 9.17) is 0 Å². The normalized spacial score (nSPS) is 25.2. The van der Waals surface area contributed by atoms with Gasteiger partial charge >= 0.3 is 0 Å². The highest BCUT2D eigenvalue weighted by Gasteiger charge is 2.60. The van der Waals surface area contributed by atoms with Crippen LogP contribution in [0.3, 0.4) is 0 Å². The predicted molar refractivity (Wildman–Crippen MR) is 134 cm³/mol. The van der Waals surface area contributed by atoms with Gasteiger partial charge in [0.05, 0.1) is 11.8 Å². The van der Waals surface area contributed by atoms with Gasteiger partial charge in [-0.15, -0.1) is 0 Å². The molecule has 2 fully saturated rings. The van der Waals surface area contributed by atoms with E-state index >= 15 is 13.2 Å². The summed E-state index contributed by atoms with van der Waals surface area (Å²) in [7, 11) is -4.04. The van der Waals surface area contributed by atoms with Crippen molar-refractivity contribution in [2.24, 2.45) is 0 Å². The van der Waals surface area contributed by atoms with Crippen molar-refractivity contribution in [3.63, 3.8) is 0 Å². The number of aryl methyl sites for hydroxylation is 1. The number of fused-ring (bicyclic) bond motifs is 1. The fourth-order valence-corrected chi connectivity index (χ4v) is 5.85. The van der Waals surface area contributed by atoms with Crippen LogP contribution in [-0.2, 0) is 16.6 Å². The molecule has 210 valence electrons. The lowest BCUT2D eigenvalue weighted by Crippen LogP contribution is -2.44. The first kappa shape index (κ1) is 27.4. The van der Waals surface area contributed by atoms with E-state index in [-0.39, 0.29) is 48.1 Å². The summed E-state index contributed by atoms with van der Waals surface area (Å²) in [5.41, 5.74) is -2.61. The van der Waals surface area contributed by atoms with Gasteiger partial charge in [0.15, 0.2) is 17.4 Å². The first-order valence-corrected chi connectivity index (χ1v) is 14.1. The third-order valence-electron chi connectivity index (χ3n) is 6.85. The molecule has 0 amide bonds. The van der Waals surface area contributed by atoms with Gasteiger partial charge in [0.1, 0.15) is 17.6 Å². The molecular formula is C24H25F5N6O3S. The summed E-state index contributed by atoms with van der Waals surface area (Å²) in [4.78, 5) is 21.8. The summed E-state index contributed by atoms with van der Waals surface area (Å²) in [5.74, 6) is -8.70. The van der Waals surface area contributed by atoms with E-state index in [1.54, 1.807) is 11.6 Å². The highest BCUT2D eigenvalue weighted by molar-refractivity contribution is 7.88. The van der Waals surface area contributed by atoms with E-state index in [0.717, 1.165) is 0 Å². The Balaban J connectivity index is 1.53. The number of alkyl halides is 2. The van der Waals surface area contributed by atoms with Crippen LogP contribution in [0.1, 0.15) is 31.2 Å². The molecule has 3 N–H and O–H groups in total. The fraction of sp³-hybridized carbons (Fsp3) is 0.458. The minimum Gasteiger partial charge on any atom is -0.350 e. The van der Waals surface area contributed by atoms with Crippen LogP contribution in [0.5, 0.6) is 0 Å². The van der Waals surface area contributed by atoms with Crippen LogP contribution in [0.15, 0.2) is 23.1 Å². The molecule has 1 aromatic carbocycles. The Labute approximate surface area is 219 Å². The van der Waals surface area contributed by atoms with Crippen molar-refractivity contribution in [3.05, 3.63) is 51.7 Å². The van der Waals surface area contributed by atoms with E-state index in [1.165, 1.54) is 16.8 Å². The van der Waals surface area contributed by atoms with Gasteiger partial charge in [-0.05, 0) is 19.1 Å². The summed E-state index contributed by atoms with van der Waals surface area (Å²) in [6.45, 7) is 2.44. The number of hydrogen-bond acceptors (Lipinski definition) is 7. The van der Waals surface area contributed by atoms with E-state index in [2.05, 4.69) is 20.6 Å². The van der Waals surface area contributed by atoms with Gasteiger partial charge in [-0.3, -0.25) is 9.36 Å². The van der Waals surface area contributed by atoms with Crippen molar-refractivity contribution in [3.8, 4) is 11.1 Å². The second kappa shape index (κ2) is 9.78. The number of piperidine rings is 1. The number of anilines is 1. The Morgan fingerprint density at radius 2 is 1.92 bits per heavy atom. The van der Waals surface area contributed by atoms with E-state index in [1.807, 2.05) is 0 Å². The fourth-order valence-electron chi connectivity index (χ4n) is 5.01. The molecule has 2 aromatic heterocycles. The summed E-state index contributed by atoms with van der Waals surface area (Å²) in [5, 5.41) is 6.23. The molecule has 1 aliphatic heterocycles. The van der Waals surface area contributed by atoms with Crippen LogP contribution in [0.4, 0.5) is 27.9 Å². The van der Waals surface area contributed by atoms with Crippen LogP contribution in [-0.4, -0.2) is 60.3 Å². The molecule has 0 spiro atoms. The SMILES string of the molecule is CCn1c(=O)c(-c2cc(F)c(C3CC3(F)NS(C)(=O)=O)c(F)c2F)cc2cnc(N[C@@H]3CNC[C@@H](F)C3)nc21. The van der Waals surface area contributed by atoms with Gasteiger partial charge in [0, 0.05) is 67.1 Å². The monoisotopic (exact) mass is 572 g/mol. The van der Waals surface area contributed by atoms with Gasteiger partial charge in [-0.2, -0.15) is 9.71 Å². The largest absolute Gasteiger partial charge is 0.350 e. The van der Waals surface area contributed by atoms with Crippen LogP contribution in [0.2, 0.25) is 0 Å². The molecule has 1 saturated heterocycles. The number of benzene rings is 1. The minimum absolute atomic E-state index is 0.0748. The molecule has 0 radical (unpaired) electrons. The molecule has 4 atom stereocenters. The number of nitrogens with zero attached hydrogens (tertiary/aromatic N) is 3. The van der Waals surface area contributed by atoms with Crippen LogP contribution in [0, 0.1) is 17.5 Å². The number of hydrogen-bond donors (Lipinski definition) is 3. The molecule has 5 rings (SSSR count). The van der Waals surface area contributed by atoms with Gasteiger partial charge in [-0.1, -0.05) is 0 Å². The number of aromatic nitrogens is 3. The molecule has 1 saturated carbocycles. The van der Waals surface area contributed by atoms with Crippen molar-refractivity contribution in [1.82, 2.24) is 24.6 Å². The van der Waals surface area contributed by atoms with Gasteiger partial charge < -0.3 is 10.6 Å². The smallest absolute Gasteiger partial charge is 0.260 e. The van der Waals surface area contributed by atoms with Crippen molar-refractivity contribution < 1.29 is 30.4 Å². The quantitative estimate of drug-likeness (QED) is 0.226. The molecule has 0 bridgehead atoms. The van der Waals surface area contributed by atoms with Crippen LogP contribution >= 0.6 is 0 Å². The Morgan fingerprint density at radius 3 is 2.59 bits per heavy atom. The highest BCUT2D eigenvalue weighted by Crippen LogP contribution is 2.54. The Morgan fingerprint density at radius 1 is 1.18 bits per heavy atom. The van der Waals surface area contributed by atoms with Gasteiger partial charge in [-0.25, -0.2) is 35.4 Å². The Hall–Kier alpha value is -3.17. The van der Waals surface area contributed by atoms with Crippen LogP contribution in [0.25, 0.3) is 22.2 Å². The second-order valence-electron chi connectivity index (χ2n) is 9.85. The first-order chi connectivity index (χ1) is 18.3. The lowest BCUT2D eigenvalue weighted by Gasteiger charge is -2.26. The van der Waals surface area contributed by atoms with Crippen LogP contribution < -0.4 is 20.9 Å². The zero-order chi connectivity index (χ0) is 28.3. The summed E-state index contributed by atoms with van der Waals surface area (Å²) in [6, 6.07) is 1.51. The zero-order valence-corrected chi connectivity index (χ0v) is 21.7. The summed E-state index contributed by atoms with van der Waals surface area (Å²) in [6.07, 6.45) is 0.665. The van der Waals surface area contributed by atoms with Crippen molar-refractivity contribution >= 4 is 27.0 Å². The number of halogens is 5. The predicted octanol–water partition coefficient (Wildman–Crippen LogP) is 2.71. The maximum absolute atomic E-state index is 15.2. The Kier molecular flexibility index (Phi) is 6.87. The van der Waals surface area contributed by atoms with Crippen molar-refractivity contribution in [1.29, 1.82) is 0 Å². The number of pyridine rings is 1. The zero-order valence-electron chi connectivity index (χ0n) is 20.9.